The van der Waals surface area contributed by atoms with Crippen molar-refractivity contribution in [2.24, 2.45) is 0 Å². The van der Waals surface area contributed by atoms with E-state index in [4.69, 9.17) is 0 Å². The van der Waals surface area contributed by atoms with Gasteiger partial charge in [-0.1, -0.05) is 36.4 Å². The van der Waals surface area contributed by atoms with E-state index in [1.807, 2.05) is 18.2 Å². The molecule has 0 atom stereocenters. The van der Waals surface area contributed by atoms with Crippen LogP contribution in [0.5, 0.6) is 0 Å². The molecule has 0 aliphatic rings. The third-order valence-electron chi connectivity index (χ3n) is 4.10. The molecule has 0 aliphatic carbocycles. The van der Waals surface area contributed by atoms with Crippen molar-refractivity contribution in [3.8, 4) is 0 Å². The Bertz CT molecular complexity index is 1010. The van der Waals surface area contributed by atoms with E-state index < -0.39 is 41.6 Å². The van der Waals surface area contributed by atoms with E-state index in [1.165, 1.54) is 0 Å². The highest BCUT2D eigenvalue weighted by atomic mass is 19.4. The molecule has 9 heteroatoms. The van der Waals surface area contributed by atoms with Crippen LogP contribution in [0.1, 0.15) is 11.1 Å². The van der Waals surface area contributed by atoms with E-state index in [2.05, 4.69) is 10.6 Å². The molecule has 0 aromatic heterocycles. The van der Waals surface area contributed by atoms with Crippen LogP contribution in [0.15, 0.2) is 60.7 Å². The van der Waals surface area contributed by atoms with Crippen LogP contribution < -0.4 is 10.6 Å². The number of hydrogen-bond acceptors (Lipinski definition) is 2. The number of carbonyl (C=O) groups is 1. The zero-order chi connectivity index (χ0) is 21.2. The molecule has 0 unspecified atom stereocenters. The fourth-order valence-corrected chi connectivity index (χ4v) is 2.77. The minimum atomic E-state index is -4.96. The summed E-state index contributed by atoms with van der Waals surface area (Å²) in [6, 6.07) is 13.5. The number of amides is 1. The smallest absolute Gasteiger partial charge is 0.376 e. The normalized spacial score (nSPS) is 12.1. The summed E-state index contributed by atoms with van der Waals surface area (Å²) in [4.78, 5) is 12.2. The quantitative estimate of drug-likeness (QED) is 0.522. The molecule has 0 bridgehead atoms. The Kier molecular flexibility index (Phi) is 5.41. The summed E-state index contributed by atoms with van der Waals surface area (Å²) < 4.78 is 77.4. The van der Waals surface area contributed by atoms with E-state index in [0.717, 1.165) is 10.8 Å². The molecule has 3 aromatic carbocycles. The fourth-order valence-electron chi connectivity index (χ4n) is 2.77. The number of alkyl halides is 6. The predicted octanol–water partition coefficient (Wildman–Crippen LogP) is 5.93. The molecule has 0 radical (unpaired) electrons. The van der Waals surface area contributed by atoms with Crippen molar-refractivity contribution in [1.29, 1.82) is 0 Å². The van der Waals surface area contributed by atoms with Gasteiger partial charge in [0.15, 0.2) is 0 Å². The van der Waals surface area contributed by atoms with Crippen molar-refractivity contribution in [3.05, 3.63) is 71.8 Å². The summed E-state index contributed by atoms with van der Waals surface area (Å²) in [5.74, 6) is -0.618. The first-order chi connectivity index (χ1) is 13.5. The number of anilines is 2. The Morgan fingerprint density at radius 3 is 2.00 bits per heavy atom. The summed E-state index contributed by atoms with van der Waals surface area (Å²) >= 11 is 0. The van der Waals surface area contributed by atoms with E-state index in [0.29, 0.717) is 17.8 Å². The molecular weight excluding hydrogens is 398 g/mol. The van der Waals surface area contributed by atoms with Gasteiger partial charge in [-0.15, -0.1) is 0 Å². The Labute approximate surface area is 161 Å². The van der Waals surface area contributed by atoms with Gasteiger partial charge in [-0.05, 0) is 29.7 Å². The average molecular weight is 412 g/mol. The van der Waals surface area contributed by atoms with Gasteiger partial charge in [-0.2, -0.15) is 26.3 Å². The molecule has 3 aromatic rings. The number of halogens is 6. The number of carbonyl (C=O) groups excluding carboxylic acids is 1. The van der Waals surface area contributed by atoms with E-state index >= 15 is 0 Å². The molecule has 0 aliphatic heterocycles. The summed E-state index contributed by atoms with van der Waals surface area (Å²) in [7, 11) is 0. The second-order valence-electron chi connectivity index (χ2n) is 6.22. The SMILES string of the molecule is O=C(CNc1cc(C(F)(F)F)cc(C(F)(F)F)c1)Nc1cccc2ccccc12. The predicted molar refractivity (Wildman–Crippen MR) is 97.5 cm³/mol. The van der Waals surface area contributed by atoms with Crippen molar-refractivity contribution in [1.82, 2.24) is 0 Å². The molecule has 0 saturated heterocycles. The number of nitrogens with one attached hydrogen (secondary N) is 2. The van der Waals surface area contributed by atoms with Crippen LogP contribution in [-0.4, -0.2) is 12.5 Å². The highest BCUT2D eigenvalue weighted by molar-refractivity contribution is 6.03. The maximum absolute atomic E-state index is 12.9. The topological polar surface area (TPSA) is 41.1 Å². The zero-order valence-corrected chi connectivity index (χ0v) is 14.7. The minimum absolute atomic E-state index is 0.0291. The average Bonchev–Trinajstić information content (AvgIpc) is 2.65. The van der Waals surface area contributed by atoms with Crippen molar-refractivity contribution in [2.75, 3.05) is 17.2 Å². The van der Waals surface area contributed by atoms with Crippen molar-refractivity contribution in [2.45, 2.75) is 12.4 Å². The third kappa shape index (κ3) is 4.98. The third-order valence-corrected chi connectivity index (χ3v) is 4.10. The first-order valence-electron chi connectivity index (χ1n) is 8.35. The lowest BCUT2D eigenvalue weighted by atomic mass is 10.1. The summed E-state index contributed by atoms with van der Waals surface area (Å²) in [5.41, 5.74) is -2.89. The molecule has 3 rings (SSSR count). The van der Waals surface area contributed by atoms with E-state index in [1.54, 1.807) is 24.3 Å². The summed E-state index contributed by atoms with van der Waals surface area (Å²) in [6.45, 7) is -0.512. The number of fused-ring (bicyclic) bond motifs is 1. The molecular formula is C20H14F6N2O. The fraction of sp³-hybridized carbons (Fsp3) is 0.150. The van der Waals surface area contributed by atoms with Crippen LogP contribution in [0.2, 0.25) is 0 Å². The Morgan fingerprint density at radius 2 is 1.38 bits per heavy atom. The zero-order valence-electron chi connectivity index (χ0n) is 14.7. The lowest BCUT2D eigenvalue weighted by Crippen LogP contribution is -2.22. The van der Waals surface area contributed by atoms with E-state index in [-0.39, 0.29) is 6.07 Å². The van der Waals surface area contributed by atoms with Gasteiger partial charge in [-0.3, -0.25) is 4.79 Å². The standard InChI is InChI=1S/C20H14F6N2O/c21-19(22,23)13-8-14(20(24,25)26)10-15(9-13)27-11-18(29)28-17-7-3-5-12-4-1-2-6-16(12)17/h1-10,27H,11H2,(H,28,29). The number of rotatable bonds is 4. The molecule has 2 N–H and O–H groups in total. The van der Waals surface area contributed by atoms with Crippen molar-refractivity contribution < 1.29 is 31.1 Å². The lowest BCUT2D eigenvalue weighted by molar-refractivity contribution is -0.143. The Hall–Kier alpha value is -3.23. The van der Waals surface area contributed by atoms with Crippen LogP contribution in [0.25, 0.3) is 10.8 Å². The highest BCUT2D eigenvalue weighted by Crippen LogP contribution is 2.37. The van der Waals surface area contributed by atoms with Crippen LogP contribution in [0.3, 0.4) is 0 Å². The largest absolute Gasteiger partial charge is 0.416 e. The monoisotopic (exact) mass is 412 g/mol. The molecule has 29 heavy (non-hydrogen) atoms. The van der Waals surface area contributed by atoms with Gasteiger partial charge in [0, 0.05) is 16.8 Å². The van der Waals surface area contributed by atoms with Gasteiger partial charge < -0.3 is 10.6 Å². The highest BCUT2D eigenvalue weighted by Gasteiger charge is 2.36. The van der Waals surface area contributed by atoms with Gasteiger partial charge in [0.1, 0.15) is 0 Å². The van der Waals surface area contributed by atoms with E-state index in [9.17, 15) is 31.1 Å². The van der Waals surface area contributed by atoms with Gasteiger partial charge in [0.2, 0.25) is 5.91 Å². The van der Waals surface area contributed by atoms with Crippen LogP contribution in [0.4, 0.5) is 37.7 Å². The maximum atomic E-state index is 12.9. The minimum Gasteiger partial charge on any atom is -0.376 e. The molecule has 152 valence electrons. The van der Waals surface area contributed by atoms with Gasteiger partial charge in [0.05, 0.1) is 17.7 Å². The Morgan fingerprint density at radius 1 is 0.793 bits per heavy atom. The maximum Gasteiger partial charge on any atom is 0.416 e. The van der Waals surface area contributed by atoms with Crippen LogP contribution in [-0.2, 0) is 17.1 Å². The van der Waals surface area contributed by atoms with Crippen LogP contribution >= 0.6 is 0 Å². The molecule has 0 heterocycles. The lowest BCUT2D eigenvalue weighted by Gasteiger charge is -2.15. The van der Waals surface area contributed by atoms with Gasteiger partial charge >= 0.3 is 12.4 Å². The molecule has 0 fully saturated rings. The molecule has 0 spiro atoms. The number of benzene rings is 3. The summed E-state index contributed by atoms with van der Waals surface area (Å²) in [5, 5.41) is 6.54. The van der Waals surface area contributed by atoms with Gasteiger partial charge in [0.25, 0.3) is 0 Å². The van der Waals surface area contributed by atoms with Crippen molar-refractivity contribution in [3.63, 3.8) is 0 Å². The molecule has 3 nitrogen and oxygen atoms in total. The van der Waals surface area contributed by atoms with Crippen molar-refractivity contribution >= 4 is 28.1 Å². The summed E-state index contributed by atoms with van der Waals surface area (Å²) in [6.07, 6.45) is -9.91. The Balaban J connectivity index is 1.77. The van der Waals surface area contributed by atoms with Gasteiger partial charge in [-0.25, -0.2) is 0 Å². The molecule has 1 amide bonds. The second kappa shape index (κ2) is 7.65. The first kappa shape index (κ1) is 20.5. The number of hydrogen-bond donors (Lipinski definition) is 2. The second-order valence-corrected chi connectivity index (χ2v) is 6.22. The molecule has 0 saturated carbocycles. The first-order valence-corrected chi connectivity index (χ1v) is 8.35. The van der Waals surface area contributed by atoms with Crippen LogP contribution in [0, 0.1) is 0 Å².